The molecule has 2 aromatic carbocycles. The van der Waals surface area contributed by atoms with E-state index < -0.39 is 0 Å². The molecule has 100 valence electrons. The largest absolute Gasteiger partial charge is 0.493 e. The number of nitrogens with zero attached hydrogens (tertiary/aromatic N) is 1. The second-order valence-electron chi connectivity index (χ2n) is 3.83. The van der Waals surface area contributed by atoms with Crippen molar-refractivity contribution in [1.29, 1.82) is 0 Å². The Morgan fingerprint density at radius 3 is 2.11 bits per heavy atom. The monoisotopic (exact) mass is 259 g/mol. The number of hydrogen-bond donors (Lipinski definition) is 0. The third-order valence-corrected chi connectivity index (χ3v) is 2.77. The van der Waals surface area contributed by atoms with E-state index in [9.17, 15) is 0 Å². The molecule has 0 aromatic heterocycles. The molecule has 4 nitrogen and oxygen atoms in total. The minimum Gasteiger partial charge on any atom is -0.493 e. The van der Waals surface area contributed by atoms with Gasteiger partial charge in [0, 0.05) is 0 Å². The van der Waals surface area contributed by atoms with Gasteiger partial charge in [-0.25, -0.2) is 5.06 Å². The summed E-state index contributed by atoms with van der Waals surface area (Å²) >= 11 is 0. The highest BCUT2D eigenvalue weighted by Crippen LogP contribution is 2.40. The van der Waals surface area contributed by atoms with Crippen LogP contribution in [0, 0.1) is 0 Å². The Bertz CT molecular complexity index is 528. The van der Waals surface area contributed by atoms with E-state index in [0.29, 0.717) is 11.5 Å². The number of anilines is 2. The number of rotatable bonds is 5. The van der Waals surface area contributed by atoms with Crippen LogP contribution in [0.5, 0.6) is 11.5 Å². The van der Waals surface area contributed by atoms with Gasteiger partial charge in [0.2, 0.25) is 0 Å². The van der Waals surface area contributed by atoms with Crippen molar-refractivity contribution in [1.82, 2.24) is 0 Å². The molecule has 0 aliphatic heterocycles. The molecule has 0 aliphatic carbocycles. The molecule has 4 heteroatoms. The van der Waals surface area contributed by atoms with E-state index in [1.165, 1.54) is 0 Å². The minimum atomic E-state index is 0.635. The zero-order valence-corrected chi connectivity index (χ0v) is 11.3. The summed E-state index contributed by atoms with van der Waals surface area (Å²) in [6, 6.07) is 15.4. The Labute approximate surface area is 113 Å². The predicted octanol–water partition coefficient (Wildman–Crippen LogP) is 3.40. The van der Waals surface area contributed by atoms with Crippen molar-refractivity contribution >= 4 is 11.4 Å². The van der Waals surface area contributed by atoms with E-state index in [1.54, 1.807) is 26.4 Å². The average Bonchev–Trinajstić information content (AvgIpc) is 2.48. The second-order valence-corrected chi connectivity index (χ2v) is 3.83. The summed E-state index contributed by atoms with van der Waals surface area (Å²) in [6.45, 7) is 0. The first-order valence-corrected chi connectivity index (χ1v) is 5.92. The summed E-state index contributed by atoms with van der Waals surface area (Å²) in [7, 11) is 4.84. The fourth-order valence-corrected chi connectivity index (χ4v) is 1.94. The van der Waals surface area contributed by atoms with Gasteiger partial charge >= 0.3 is 0 Å². The molecule has 19 heavy (non-hydrogen) atoms. The highest BCUT2D eigenvalue weighted by atomic mass is 16.7. The maximum atomic E-state index is 5.46. The Balaban J connectivity index is 2.50. The molecular formula is C15H17NO3. The second kappa shape index (κ2) is 6.11. The predicted molar refractivity (Wildman–Crippen MR) is 75.1 cm³/mol. The summed E-state index contributed by atoms with van der Waals surface area (Å²) in [4.78, 5) is 5.46. The van der Waals surface area contributed by atoms with Crippen molar-refractivity contribution in [2.45, 2.75) is 0 Å². The van der Waals surface area contributed by atoms with Crippen LogP contribution in [0.15, 0.2) is 48.5 Å². The van der Waals surface area contributed by atoms with Gasteiger partial charge in [-0.05, 0) is 24.3 Å². The highest BCUT2D eigenvalue weighted by Gasteiger charge is 2.17. The molecule has 0 unspecified atom stereocenters. The Hall–Kier alpha value is -2.20. The van der Waals surface area contributed by atoms with Crippen molar-refractivity contribution in [2.75, 3.05) is 26.4 Å². The van der Waals surface area contributed by atoms with Gasteiger partial charge < -0.3 is 9.47 Å². The van der Waals surface area contributed by atoms with Crippen LogP contribution in [0.4, 0.5) is 11.4 Å². The number of ether oxygens (including phenoxy) is 2. The first-order chi connectivity index (χ1) is 9.31. The Kier molecular flexibility index (Phi) is 4.26. The molecule has 0 N–H and O–H groups in total. The van der Waals surface area contributed by atoms with Crippen LogP contribution in [0.1, 0.15) is 0 Å². The molecule has 0 saturated heterocycles. The number of benzene rings is 2. The SMILES string of the molecule is COc1cccc(N(OC)c2ccccc2)c1OC. The van der Waals surface area contributed by atoms with E-state index in [4.69, 9.17) is 14.3 Å². The minimum absolute atomic E-state index is 0.635. The third-order valence-electron chi connectivity index (χ3n) is 2.77. The lowest BCUT2D eigenvalue weighted by atomic mass is 10.2. The van der Waals surface area contributed by atoms with E-state index >= 15 is 0 Å². The van der Waals surface area contributed by atoms with Gasteiger partial charge in [-0.15, -0.1) is 0 Å². The van der Waals surface area contributed by atoms with Gasteiger partial charge in [0.25, 0.3) is 0 Å². The van der Waals surface area contributed by atoms with E-state index in [2.05, 4.69) is 0 Å². The van der Waals surface area contributed by atoms with Crippen molar-refractivity contribution < 1.29 is 14.3 Å². The van der Waals surface area contributed by atoms with E-state index in [-0.39, 0.29) is 0 Å². The average molecular weight is 259 g/mol. The smallest absolute Gasteiger partial charge is 0.187 e. The van der Waals surface area contributed by atoms with Gasteiger partial charge in [-0.1, -0.05) is 24.3 Å². The molecule has 0 radical (unpaired) electrons. The first-order valence-electron chi connectivity index (χ1n) is 5.92. The molecule has 0 saturated carbocycles. The van der Waals surface area contributed by atoms with Gasteiger partial charge in [0.15, 0.2) is 11.5 Å². The van der Waals surface area contributed by atoms with Gasteiger partial charge in [0.1, 0.15) is 5.69 Å². The molecule has 0 amide bonds. The van der Waals surface area contributed by atoms with Gasteiger partial charge in [-0.3, -0.25) is 4.84 Å². The van der Waals surface area contributed by atoms with Crippen LogP contribution in [0.25, 0.3) is 0 Å². The van der Waals surface area contributed by atoms with E-state index in [0.717, 1.165) is 11.4 Å². The molecular weight excluding hydrogens is 242 g/mol. The van der Waals surface area contributed by atoms with Crippen molar-refractivity contribution in [2.24, 2.45) is 0 Å². The lowest BCUT2D eigenvalue weighted by Gasteiger charge is -2.24. The Morgan fingerprint density at radius 2 is 1.53 bits per heavy atom. The quantitative estimate of drug-likeness (QED) is 0.770. The number of para-hydroxylation sites is 2. The third kappa shape index (κ3) is 2.63. The topological polar surface area (TPSA) is 30.9 Å². The maximum absolute atomic E-state index is 5.46. The summed E-state index contributed by atoms with van der Waals surface area (Å²) in [6.07, 6.45) is 0. The van der Waals surface area contributed by atoms with Crippen LogP contribution >= 0.6 is 0 Å². The summed E-state index contributed by atoms with van der Waals surface area (Å²) in [5.74, 6) is 1.30. The zero-order valence-electron chi connectivity index (χ0n) is 11.3. The fraction of sp³-hybridized carbons (Fsp3) is 0.200. The summed E-state index contributed by atoms with van der Waals surface area (Å²) < 4.78 is 10.7. The lowest BCUT2D eigenvalue weighted by molar-refractivity contribution is 0.198. The van der Waals surface area contributed by atoms with Gasteiger partial charge in [0.05, 0.1) is 27.0 Å². The standard InChI is InChI=1S/C15H17NO3/c1-17-14-11-7-10-13(15(14)18-2)16(19-3)12-8-5-4-6-9-12/h4-11H,1-3H3. The van der Waals surface area contributed by atoms with Crippen LogP contribution in [0.2, 0.25) is 0 Å². The summed E-state index contributed by atoms with van der Waals surface area (Å²) in [5.41, 5.74) is 1.70. The van der Waals surface area contributed by atoms with Crippen LogP contribution in [-0.4, -0.2) is 21.3 Å². The van der Waals surface area contributed by atoms with Gasteiger partial charge in [-0.2, -0.15) is 0 Å². The number of hydrogen-bond acceptors (Lipinski definition) is 4. The molecule has 0 spiro atoms. The highest BCUT2D eigenvalue weighted by molar-refractivity contribution is 5.70. The molecule has 0 atom stereocenters. The lowest BCUT2D eigenvalue weighted by Crippen LogP contribution is -2.16. The van der Waals surface area contributed by atoms with Crippen LogP contribution in [0.3, 0.4) is 0 Å². The molecule has 0 fully saturated rings. The maximum Gasteiger partial charge on any atom is 0.187 e. The molecule has 0 aliphatic rings. The fourth-order valence-electron chi connectivity index (χ4n) is 1.94. The molecule has 2 rings (SSSR count). The number of methoxy groups -OCH3 is 2. The van der Waals surface area contributed by atoms with Crippen molar-refractivity contribution in [3.8, 4) is 11.5 Å². The van der Waals surface area contributed by atoms with Crippen molar-refractivity contribution in [3.63, 3.8) is 0 Å². The zero-order chi connectivity index (χ0) is 13.7. The normalized spacial score (nSPS) is 10.1. The van der Waals surface area contributed by atoms with Crippen molar-refractivity contribution in [3.05, 3.63) is 48.5 Å². The molecule has 0 bridgehead atoms. The molecule has 2 aromatic rings. The van der Waals surface area contributed by atoms with Crippen LogP contribution in [-0.2, 0) is 4.84 Å². The summed E-state index contributed by atoms with van der Waals surface area (Å²) in [5, 5.41) is 1.70. The van der Waals surface area contributed by atoms with Crippen LogP contribution < -0.4 is 14.5 Å². The van der Waals surface area contributed by atoms with E-state index in [1.807, 2.05) is 48.5 Å². The molecule has 0 heterocycles. The first kappa shape index (κ1) is 13.2. The Morgan fingerprint density at radius 1 is 0.789 bits per heavy atom.